The van der Waals surface area contributed by atoms with E-state index in [9.17, 15) is 4.79 Å². The fourth-order valence-electron chi connectivity index (χ4n) is 3.04. The summed E-state index contributed by atoms with van der Waals surface area (Å²) in [7, 11) is 0. The molecule has 0 aromatic carbocycles. The van der Waals surface area contributed by atoms with Crippen molar-refractivity contribution in [2.24, 2.45) is 5.41 Å². The third-order valence-electron chi connectivity index (χ3n) is 4.78. The first-order chi connectivity index (χ1) is 14.1. The Hall–Kier alpha value is -2.33. The molecule has 0 radical (unpaired) electrons. The van der Waals surface area contributed by atoms with Gasteiger partial charge < -0.3 is 4.90 Å². The van der Waals surface area contributed by atoms with Crippen LogP contribution in [0.15, 0.2) is 72.2 Å². The van der Waals surface area contributed by atoms with Gasteiger partial charge in [0.25, 0.3) is 0 Å². The van der Waals surface area contributed by atoms with E-state index in [1.807, 2.05) is 68.2 Å². The average Bonchev–Trinajstić information content (AvgIpc) is 3.14. The second-order valence-electron chi connectivity index (χ2n) is 8.78. The zero-order valence-corrected chi connectivity index (χ0v) is 19.9. The summed E-state index contributed by atoms with van der Waals surface area (Å²) in [6, 6.07) is 0. The maximum absolute atomic E-state index is 12.9. The molecule has 1 fully saturated rings. The molecule has 1 rings (SSSR count). The molecule has 1 atom stereocenters. The minimum atomic E-state index is -0.294. The average molecular weight is 413 g/mol. The lowest BCUT2D eigenvalue weighted by Crippen LogP contribution is -2.42. The zero-order chi connectivity index (χ0) is 22.7. The molecule has 0 aromatic rings. The van der Waals surface area contributed by atoms with E-state index in [0.29, 0.717) is 12.1 Å². The molecule has 0 saturated carbocycles. The Balaban J connectivity index is 3.13. The maximum Gasteiger partial charge on any atom is 0.225 e. The second-order valence-corrected chi connectivity index (χ2v) is 8.78. The topological polar surface area (TPSA) is 32.8 Å². The van der Waals surface area contributed by atoms with Crippen LogP contribution in [0.3, 0.4) is 0 Å². The van der Waals surface area contributed by atoms with Gasteiger partial charge in [0, 0.05) is 13.0 Å². The summed E-state index contributed by atoms with van der Waals surface area (Å²) in [4.78, 5) is 21.1. The molecule has 1 heterocycles. The molecule has 4 heteroatoms. The van der Waals surface area contributed by atoms with E-state index in [1.165, 1.54) is 0 Å². The molecule has 1 saturated heterocycles. The van der Waals surface area contributed by atoms with Crippen LogP contribution in [0.2, 0.25) is 0 Å². The van der Waals surface area contributed by atoms with Crippen molar-refractivity contribution in [1.82, 2.24) is 9.96 Å². The molecule has 4 nitrogen and oxygen atoms in total. The highest BCUT2D eigenvalue weighted by Gasteiger charge is 2.33. The van der Waals surface area contributed by atoms with Gasteiger partial charge in [-0.2, -0.15) is 0 Å². The van der Waals surface area contributed by atoms with Gasteiger partial charge in [0.1, 0.15) is 0 Å². The number of hydrogen-bond donors (Lipinski definition) is 0. The molecule has 0 N–H and O–H groups in total. The van der Waals surface area contributed by atoms with Gasteiger partial charge in [0.2, 0.25) is 5.91 Å². The van der Waals surface area contributed by atoms with Crippen molar-refractivity contribution in [3.8, 4) is 0 Å². The third kappa shape index (κ3) is 8.58. The van der Waals surface area contributed by atoms with Crippen LogP contribution < -0.4 is 0 Å². The van der Waals surface area contributed by atoms with Crippen LogP contribution in [-0.4, -0.2) is 28.6 Å². The molecule has 0 spiro atoms. The fraction of sp³-hybridized carbons (Fsp3) is 0.500. The first-order valence-corrected chi connectivity index (χ1v) is 10.8. The van der Waals surface area contributed by atoms with Gasteiger partial charge in [0.05, 0.1) is 11.4 Å². The molecule has 1 amide bonds. The summed E-state index contributed by atoms with van der Waals surface area (Å²) in [5, 5.41) is 1.74. The number of rotatable bonds is 9. The van der Waals surface area contributed by atoms with Gasteiger partial charge in [-0.25, -0.2) is 9.90 Å². The molecule has 0 aliphatic carbocycles. The Morgan fingerprint density at radius 2 is 1.83 bits per heavy atom. The molecule has 1 unspecified atom stereocenters. The van der Waals surface area contributed by atoms with Gasteiger partial charge in [-0.05, 0) is 58.1 Å². The van der Waals surface area contributed by atoms with Crippen molar-refractivity contribution in [3.05, 3.63) is 72.2 Å². The molecule has 1 aliphatic rings. The summed E-state index contributed by atoms with van der Waals surface area (Å²) < 4.78 is 0. The molecule has 0 bridgehead atoms. The SMILES string of the molecule is C=C(/C=C\C=C/C)N(OC1CCCN1C(=O)CC(C)(C)C)C(/C=C\C(C)=C/C)=C/C. The Bertz CT molecular complexity index is 733. The van der Waals surface area contributed by atoms with Gasteiger partial charge in [-0.3, -0.25) is 4.79 Å². The number of likely N-dealkylation sites (tertiary alicyclic amines) is 1. The highest BCUT2D eigenvalue weighted by Crippen LogP contribution is 2.28. The van der Waals surface area contributed by atoms with Gasteiger partial charge in [0.15, 0.2) is 6.23 Å². The summed E-state index contributed by atoms with van der Waals surface area (Å²) in [6.45, 7) is 19.2. The first-order valence-electron chi connectivity index (χ1n) is 10.8. The normalized spacial score (nSPS) is 18.9. The number of carbonyl (C=O) groups excluding carboxylic acids is 1. The monoisotopic (exact) mass is 412 g/mol. The number of amides is 1. The van der Waals surface area contributed by atoms with E-state index in [1.54, 1.807) is 5.06 Å². The predicted octanol–water partition coefficient (Wildman–Crippen LogP) is 6.68. The van der Waals surface area contributed by atoms with E-state index < -0.39 is 0 Å². The van der Waals surface area contributed by atoms with Crippen molar-refractivity contribution >= 4 is 5.91 Å². The third-order valence-corrected chi connectivity index (χ3v) is 4.78. The number of nitrogens with zero attached hydrogens (tertiary/aromatic N) is 2. The van der Waals surface area contributed by atoms with E-state index in [0.717, 1.165) is 30.7 Å². The Morgan fingerprint density at radius 1 is 1.13 bits per heavy atom. The lowest BCUT2D eigenvalue weighted by atomic mass is 9.91. The summed E-state index contributed by atoms with van der Waals surface area (Å²) in [5.74, 6) is 0.141. The second kappa shape index (κ2) is 12.4. The first kappa shape index (κ1) is 25.7. The van der Waals surface area contributed by atoms with Gasteiger partial charge >= 0.3 is 0 Å². The minimum absolute atomic E-state index is 0.0516. The van der Waals surface area contributed by atoms with E-state index in [2.05, 4.69) is 40.3 Å². The van der Waals surface area contributed by atoms with Crippen LogP contribution >= 0.6 is 0 Å². The molecule has 0 aromatic heterocycles. The molecular weight excluding hydrogens is 372 g/mol. The largest absolute Gasteiger partial charge is 0.315 e. The van der Waals surface area contributed by atoms with Crippen molar-refractivity contribution in [2.75, 3.05) is 6.54 Å². The molecular formula is C26H40N2O2. The highest BCUT2D eigenvalue weighted by atomic mass is 16.7. The fourth-order valence-corrected chi connectivity index (χ4v) is 3.04. The van der Waals surface area contributed by atoms with Gasteiger partial charge in [-0.15, -0.1) is 0 Å². The van der Waals surface area contributed by atoms with Crippen LogP contribution in [0.25, 0.3) is 0 Å². The van der Waals surface area contributed by atoms with E-state index in [-0.39, 0.29) is 17.6 Å². The van der Waals surface area contributed by atoms with Crippen molar-refractivity contribution in [3.63, 3.8) is 0 Å². The van der Waals surface area contributed by atoms with E-state index in [4.69, 9.17) is 4.84 Å². The van der Waals surface area contributed by atoms with Crippen LogP contribution in [0.4, 0.5) is 0 Å². The Morgan fingerprint density at radius 3 is 2.40 bits per heavy atom. The van der Waals surface area contributed by atoms with Crippen LogP contribution in [0.1, 0.15) is 67.7 Å². The molecule has 1 aliphatic heterocycles. The zero-order valence-electron chi connectivity index (χ0n) is 19.9. The minimum Gasteiger partial charge on any atom is -0.315 e. The van der Waals surface area contributed by atoms with Crippen molar-refractivity contribution in [2.45, 2.75) is 74.0 Å². The summed E-state index contributed by atoms with van der Waals surface area (Å²) in [5.41, 5.74) is 2.69. The Kier molecular flexibility index (Phi) is 10.6. The number of allylic oxidation sites excluding steroid dienone is 9. The quantitative estimate of drug-likeness (QED) is 0.313. The van der Waals surface area contributed by atoms with Crippen LogP contribution in [-0.2, 0) is 9.63 Å². The lowest BCUT2D eigenvalue weighted by molar-refractivity contribution is -0.193. The van der Waals surface area contributed by atoms with E-state index >= 15 is 0 Å². The maximum atomic E-state index is 12.9. The summed E-state index contributed by atoms with van der Waals surface area (Å²) >= 11 is 0. The smallest absolute Gasteiger partial charge is 0.225 e. The number of hydroxylamine groups is 2. The van der Waals surface area contributed by atoms with Crippen molar-refractivity contribution in [1.29, 1.82) is 0 Å². The summed E-state index contributed by atoms with van der Waals surface area (Å²) in [6.07, 6.45) is 17.8. The Labute approximate surface area is 183 Å². The van der Waals surface area contributed by atoms with Crippen LogP contribution in [0, 0.1) is 5.41 Å². The van der Waals surface area contributed by atoms with Crippen molar-refractivity contribution < 1.29 is 9.63 Å². The van der Waals surface area contributed by atoms with Crippen LogP contribution in [0.5, 0.6) is 0 Å². The lowest BCUT2D eigenvalue weighted by Gasteiger charge is -2.33. The number of hydrogen-bond acceptors (Lipinski definition) is 3. The highest BCUT2D eigenvalue weighted by molar-refractivity contribution is 5.77. The molecule has 166 valence electrons. The van der Waals surface area contributed by atoms with Gasteiger partial charge in [-0.1, -0.05) is 69.4 Å². The standard InChI is InChI=1S/C26H40N2O2/c1-9-12-13-15-22(5)28(23(11-3)18-17-21(4)10-2)30-25-16-14-19-27(25)24(29)20-26(6,7)8/h9-13,15,17-18,25H,5,14,16,19-20H2,1-4,6-8H3/b12-9-,15-13-,18-17-,21-10-,23-11+. The molecule has 30 heavy (non-hydrogen) atoms. The predicted molar refractivity (Wildman–Crippen MR) is 127 cm³/mol. The number of carbonyl (C=O) groups is 1.